The molecule has 2 aliphatic rings. The Balaban J connectivity index is 1.91. The van der Waals surface area contributed by atoms with E-state index in [1.165, 1.54) is 6.92 Å². The van der Waals surface area contributed by atoms with Crippen molar-refractivity contribution in [2.24, 2.45) is 5.41 Å². The number of piperidine rings is 1. The average Bonchev–Trinajstić information content (AvgIpc) is 2.94. The summed E-state index contributed by atoms with van der Waals surface area (Å²) in [6, 6.07) is -0.321. The van der Waals surface area contributed by atoms with E-state index in [0.29, 0.717) is 13.1 Å². The van der Waals surface area contributed by atoms with Crippen molar-refractivity contribution < 1.29 is 14.7 Å². The molecule has 2 rings (SSSR count). The molecular weight excluding hydrogens is 256 g/mol. The van der Waals surface area contributed by atoms with Crippen LogP contribution in [0.4, 0.5) is 0 Å². The maximum Gasteiger partial charge on any atom is 0.242 e. The van der Waals surface area contributed by atoms with E-state index in [4.69, 9.17) is 0 Å². The van der Waals surface area contributed by atoms with Gasteiger partial charge in [0.25, 0.3) is 0 Å². The molecular formula is C15H26N2O3. The number of aliphatic hydroxyl groups is 1. The normalized spacial score (nSPS) is 25.5. The Morgan fingerprint density at radius 2 is 1.95 bits per heavy atom. The van der Waals surface area contributed by atoms with Gasteiger partial charge in [0.1, 0.15) is 6.04 Å². The van der Waals surface area contributed by atoms with Crippen LogP contribution in [0.25, 0.3) is 0 Å². The van der Waals surface area contributed by atoms with Gasteiger partial charge in [0.05, 0.1) is 6.61 Å². The van der Waals surface area contributed by atoms with Gasteiger partial charge in [0, 0.05) is 25.4 Å². The first kappa shape index (κ1) is 15.3. The summed E-state index contributed by atoms with van der Waals surface area (Å²) in [6.45, 7) is 2.87. The van der Waals surface area contributed by atoms with Crippen LogP contribution in [0, 0.1) is 5.41 Å². The van der Waals surface area contributed by atoms with Crippen LogP contribution in [0.2, 0.25) is 0 Å². The highest BCUT2D eigenvalue weighted by molar-refractivity contribution is 5.87. The molecule has 1 heterocycles. The second kappa shape index (κ2) is 6.57. The van der Waals surface area contributed by atoms with Gasteiger partial charge in [-0.25, -0.2) is 0 Å². The Morgan fingerprint density at radius 3 is 2.55 bits per heavy atom. The van der Waals surface area contributed by atoms with Crippen LogP contribution >= 0.6 is 0 Å². The van der Waals surface area contributed by atoms with Gasteiger partial charge in [-0.15, -0.1) is 0 Å². The van der Waals surface area contributed by atoms with Crippen LogP contribution in [-0.2, 0) is 9.59 Å². The van der Waals surface area contributed by atoms with Gasteiger partial charge in [-0.2, -0.15) is 0 Å². The zero-order valence-electron chi connectivity index (χ0n) is 12.4. The van der Waals surface area contributed by atoms with Gasteiger partial charge in [-0.3, -0.25) is 9.59 Å². The SMILES string of the molecule is CC(=O)N1CCCCC1C(=O)NCC1(CO)CCCC1. The van der Waals surface area contributed by atoms with E-state index in [0.717, 1.165) is 44.9 Å². The molecule has 2 amide bonds. The van der Waals surface area contributed by atoms with Crippen molar-refractivity contribution in [3.8, 4) is 0 Å². The van der Waals surface area contributed by atoms with E-state index >= 15 is 0 Å². The minimum atomic E-state index is -0.321. The third kappa shape index (κ3) is 3.32. The monoisotopic (exact) mass is 282 g/mol. The smallest absolute Gasteiger partial charge is 0.242 e. The summed E-state index contributed by atoms with van der Waals surface area (Å²) in [4.78, 5) is 25.6. The molecule has 0 aromatic rings. The molecule has 1 aliphatic carbocycles. The van der Waals surface area contributed by atoms with E-state index in [1.54, 1.807) is 4.90 Å². The molecule has 2 N–H and O–H groups in total. The quantitative estimate of drug-likeness (QED) is 0.810. The molecule has 1 atom stereocenters. The van der Waals surface area contributed by atoms with E-state index < -0.39 is 0 Å². The highest BCUT2D eigenvalue weighted by atomic mass is 16.3. The minimum Gasteiger partial charge on any atom is -0.396 e. The minimum absolute atomic E-state index is 0.0254. The Hall–Kier alpha value is -1.10. The molecule has 1 saturated heterocycles. The van der Waals surface area contributed by atoms with Crippen LogP contribution in [-0.4, -0.2) is 47.6 Å². The Kier molecular flexibility index (Phi) is 5.02. The number of nitrogens with one attached hydrogen (secondary N) is 1. The van der Waals surface area contributed by atoms with Gasteiger partial charge in [-0.05, 0) is 32.1 Å². The van der Waals surface area contributed by atoms with Crippen molar-refractivity contribution in [2.45, 2.75) is 57.9 Å². The highest BCUT2D eigenvalue weighted by Crippen LogP contribution is 2.37. The van der Waals surface area contributed by atoms with Gasteiger partial charge >= 0.3 is 0 Å². The number of nitrogens with zero attached hydrogens (tertiary/aromatic N) is 1. The fraction of sp³-hybridized carbons (Fsp3) is 0.867. The van der Waals surface area contributed by atoms with Crippen molar-refractivity contribution in [1.82, 2.24) is 10.2 Å². The summed E-state index contributed by atoms with van der Waals surface area (Å²) < 4.78 is 0. The fourth-order valence-corrected chi connectivity index (χ4v) is 3.49. The van der Waals surface area contributed by atoms with Crippen LogP contribution in [0.1, 0.15) is 51.9 Å². The van der Waals surface area contributed by atoms with E-state index in [1.807, 2.05) is 0 Å². The first-order valence-corrected chi connectivity index (χ1v) is 7.74. The Labute approximate surface area is 120 Å². The Morgan fingerprint density at radius 1 is 1.25 bits per heavy atom. The predicted molar refractivity (Wildman–Crippen MR) is 76.0 cm³/mol. The van der Waals surface area contributed by atoms with E-state index in [2.05, 4.69) is 5.32 Å². The van der Waals surface area contributed by atoms with Gasteiger partial charge < -0.3 is 15.3 Å². The summed E-state index contributed by atoms with van der Waals surface area (Å²) in [5.74, 6) is -0.0813. The second-order valence-corrected chi connectivity index (χ2v) is 6.31. The predicted octanol–water partition coefficient (Wildman–Crippen LogP) is 1.06. The maximum absolute atomic E-state index is 12.3. The standard InChI is InChI=1S/C15H26N2O3/c1-12(19)17-9-5-2-6-13(17)14(20)16-10-15(11-18)7-3-4-8-15/h13,18H,2-11H2,1H3,(H,16,20). The van der Waals surface area contributed by atoms with Crippen molar-refractivity contribution in [2.75, 3.05) is 19.7 Å². The number of hydrogen-bond acceptors (Lipinski definition) is 3. The lowest BCUT2D eigenvalue weighted by atomic mass is 9.87. The van der Waals surface area contributed by atoms with Crippen LogP contribution < -0.4 is 5.32 Å². The summed E-state index contributed by atoms with van der Waals surface area (Å²) in [7, 11) is 0. The number of amides is 2. The molecule has 1 saturated carbocycles. The summed E-state index contributed by atoms with van der Waals surface area (Å²) >= 11 is 0. The molecule has 0 aromatic carbocycles. The molecule has 0 bridgehead atoms. The summed E-state index contributed by atoms with van der Waals surface area (Å²) in [5, 5.41) is 12.5. The number of aliphatic hydroxyl groups excluding tert-OH is 1. The van der Waals surface area contributed by atoms with Gasteiger partial charge in [0.2, 0.25) is 11.8 Å². The molecule has 2 fully saturated rings. The first-order valence-electron chi connectivity index (χ1n) is 7.74. The second-order valence-electron chi connectivity index (χ2n) is 6.31. The molecule has 1 aliphatic heterocycles. The maximum atomic E-state index is 12.3. The first-order chi connectivity index (χ1) is 9.58. The number of carbonyl (C=O) groups excluding carboxylic acids is 2. The summed E-state index contributed by atoms with van der Waals surface area (Å²) in [6.07, 6.45) is 6.92. The zero-order chi connectivity index (χ0) is 14.6. The van der Waals surface area contributed by atoms with Crippen LogP contribution in [0.15, 0.2) is 0 Å². The third-order valence-corrected chi connectivity index (χ3v) is 4.85. The average molecular weight is 282 g/mol. The molecule has 1 unspecified atom stereocenters. The molecule has 114 valence electrons. The fourth-order valence-electron chi connectivity index (χ4n) is 3.49. The lowest BCUT2D eigenvalue weighted by molar-refractivity contribution is -0.141. The van der Waals surface area contributed by atoms with Crippen LogP contribution in [0.5, 0.6) is 0 Å². The number of hydrogen-bond donors (Lipinski definition) is 2. The highest BCUT2D eigenvalue weighted by Gasteiger charge is 2.35. The van der Waals surface area contributed by atoms with Crippen molar-refractivity contribution in [3.05, 3.63) is 0 Å². The zero-order valence-corrected chi connectivity index (χ0v) is 12.4. The van der Waals surface area contributed by atoms with Gasteiger partial charge in [0.15, 0.2) is 0 Å². The lowest BCUT2D eigenvalue weighted by Crippen LogP contribution is -2.53. The van der Waals surface area contributed by atoms with Gasteiger partial charge in [-0.1, -0.05) is 12.8 Å². The van der Waals surface area contributed by atoms with Crippen molar-refractivity contribution >= 4 is 11.8 Å². The molecule has 0 radical (unpaired) electrons. The van der Waals surface area contributed by atoms with Crippen molar-refractivity contribution in [3.63, 3.8) is 0 Å². The molecule has 20 heavy (non-hydrogen) atoms. The molecule has 5 nitrogen and oxygen atoms in total. The topological polar surface area (TPSA) is 69.6 Å². The van der Waals surface area contributed by atoms with Crippen molar-refractivity contribution in [1.29, 1.82) is 0 Å². The lowest BCUT2D eigenvalue weighted by Gasteiger charge is -2.35. The third-order valence-electron chi connectivity index (χ3n) is 4.85. The summed E-state index contributed by atoms with van der Waals surface area (Å²) in [5.41, 5.74) is -0.134. The van der Waals surface area contributed by atoms with E-state index in [9.17, 15) is 14.7 Å². The number of likely N-dealkylation sites (tertiary alicyclic amines) is 1. The molecule has 5 heteroatoms. The molecule has 0 aromatic heterocycles. The van der Waals surface area contributed by atoms with E-state index in [-0.39, 0.29) is 29.9 Å². The number of carbonyl (C=O) groups is 2. The Bertz CT molecular complexity index is 364. The largest absolute Gasteiger partial charge is 0.396 e. The molecule has 0 spiro atoms. The van der Waals surface area contributed by atoms with Crippen LogP contribution in [0.3, 0.4) is 0 Å². The number of rotatable bonds is 4.